The SMILES string of the molecule is CC1(CCNC(=O)c2ccc(Cl)cc2Cl)OCCO1. The molecule has 1 aliphatic rings. The van der Waals surface area contributed by atoms with Crippen LogP contribution in [0.3, 0.4) is 0 Å². The normalized spacial score (nSPS) is 17.4. The van der Waals surface area contributed by atoms with Crippen molar-refractivity contribution in [1.29, 1.82) is 0 Å². The molecule has 0 atom stereocenters. The fraction of sp³-hybridized carbons (Fsp3) is 0.462. The Balaban J connectivity index is 1.87. The van der Waals surface area contributed by atoms with E-state index < -0.39 is 5.79 Å². The highest BCUT2D eigenvalue weighted by molar-refractivity contribution is 6.36. The number of hydrogen-bond acceptors (Lipinski definition) is 3. The summed E-state index contributed by atoms with van der Waals surface area (Å²) >= 11 is 11.7. The molecule has 0 unspecified atom stereocenters. The molecule has 1 aromatic carbocycles. The van der Waals surface area contributed by atoms with Gasteiger partial charge in [-0.15, -0.1) is 0 Å². The Morgan fingerprint density at radius 1 is 1.37 bits per heavy atom. The maximum absolute atomic E-state index is 11.9. The number of carbonyl (C=O) groups is 1. The van der Waals surface area contributed by atoms with E-state index in [-0.39, 0.29) is 5.91 Å². The largest absolute Gasteiger partial charge is 0.352 e. The van der Waals surface area contributed by atoms with E-state index in [1.54, 1.807) is 18.2 Å². The average Bonchev–Trinajstić information content (AvgIpc) is 2.76. The Morgan fingerprint density at radius 3 is 2.68 bits per heavy atom. The van der Waals surface area contributed by atoms with Gasteiger partial charge in [-0.25, -0.2) is 0 Å². The fourth-order valence-electron chi connectivity index (χ4n) is 1.87. The summed E-state index contributed by atoms with van der Waals surface area (Å²) in [6.07, 6.45) is 0.587. The third-order valence-electron chi connectivity index (χ3n) is 2.94. The summed E-state index contributed by atoms with van der Waals surface area (Å²) in [5.41, 5.74) is 0.407. The van der Waals surface area contributed by atoms with Gasteiger partial charge in [-0.1, -0.05) is 23.2 Å². The van der Waals surface area contributed by atoms with Gasteiger partial charge in [0, 0.05) is 18.0 Å². The zero-order valence-corrected chi connectivity index (χ0v) is 12.1. The molecule has 19 heavy (non-hydrogen) atoms. The smallest absolute Gasteiger partial charge is 0.252 e. The highest BCUT2D eigenvalue weighted by Crippen LogP contribution is 2.23. The number of ether oxygens (including phenoxy) is 2. The van der Waals surface area contributed by atoms with Crippen molar-refractivity contribution in [2.24, 2.45) is 0 Å². The lowest BCUT2D eigenvalue weighted by Crippen LogP contribution is -2.33. The molecule has 0 aromatic heterocycles. The minimum absolute atomic E-state index is 0.233. The first-order valence-corrected chi connectivity index (χ1v) is 6.77. The summed E-state index contributed by atoms with van der Waals surface area (Å²) in [7, 11) is 0. The van der Waals surface area contributed by atoms with Gasteiger partial charge in [-0.2, -0.15) is 0 Å². The van der Waals surface area contributed by atoms with Crippen molar-refractivity contribution < 1.29 is 14.3 Å². The number of benzene rings is 1. The van der Waals surface area contributed by atoms with E-state index in [1.165, 1.54) is 0 Å². The van der Waals surface area contributed by atoms with Gasteiger partial charge in [0.15, 0.2) is 5.79 Å². The van der Waals surface area contributed by atoms with Gasteiger partial charge in [-0.05, 0) is 25.1 Å². The summed E-state index contributed by atoms with van der Waals surface area (Å²) < 4.78 is 10.9. The molecule has 1 heterocycles. The Kier molecular flexibility index (Phi) is 4.68. The van der Waals surface area contributed by atoms with E-state index in [9.17, 15) is 4.79 Å². The van der Waals surface area contributed by atoms with E-state index in [1.807, 2.05) is 6.92 Å². The van der Waals surface area contributed by atoms with Crippen LogP contribution in [-0.4, -0.2) is 31.5 Å². The minimum Gasteiger partial charge on any atom is -0.352 e. The van der Waals surface area contributed by atoms with Crippen molar-refractivity contribution in [1.82, 2.24) is 5.32 Å². The Bertz CT molecular complexity index is 473. The number of nitrogens with one attached hydrogen (secondary N) is 1. The molecule has 1 N–H and O–H groups in total. The summed E-state index contributed by atoms with van der Waals surface area (Å²) in [5, 5.41) is 3.62. The summed E-state index contributed by atoms with van der Waals surface area (Å²) in [5.74, 6) is -0.833. The van der Waals surface area contributed by atoms with Crippen LogP contribution in [0.2, 0.25) is 10.0 Å². The van der Waals surface area contributed by atoms with Crippen molar-refractivity contribution in [3.05, 3.63) is 33.8 Å². The Hall–Kier alpha value is -0.810. The molecule has 2 rings (SSSR count). The minimum atomic E-state index is -0.600. The predicted octanol–water partition coefficient (Wildman–Crippen LogP) is 2.88. The second-order valence-electron chi connectivity index (χ2n) is 4.46. The van der Waals surface area contributed by atoms with Gasteiger partial charge in [0.25, 0.3) is 5.91 Å². The molecule has 4 nitrogen and oxygen atoms in total. The molecule has 0 radical (unpaired) electrons. The zero-order valence-electron chi connectivity index (χ0n) is 10.5. The van der Waals surface area contributed by atoms with Crippen LogP contribution in [0.25, 0.3) is 0 Å². The van der Waals surface area contributed by atoms with Crippen molar-refractivity contribution in [3.8, 4) is 0 Å². The van der Waals surface area contributed by atoms with Crippen LogP contribution in [-0.2, 0) is 9.47 Å². The molecule has 1 fully saturated rings. The molecule has 0 aliphatic carbocycles. The van der Waals surface area contributed by atoms with Crippen LogP contribution in [0.1, 0.15) is 23.7 Å². The zero-order chi connectivity index (χ0) is 13.9. The Morgan fingerprint density at radius 2 is 2.05 bits per heavy atom. The highest BCUT2D eigenvalue weighted by atomic mass is 35.5. The van der Waals surface area contributed by atoms with Crippen LogP contribution in [0.5, 0.6) is 0 Å². The number of hydrogen-bond donors (Lipinski definition) is 1. The third-order valence-corrected chi connectivity index (χ3v) is 3.49. The molecule has 6 heteroatoms. The maximum Gasteiger partial charge on any atom is 0.252 e. The second kappa shape index (κ2) is 6.09. The molecular formula is C13H15Cl2NO3. The Labute approximate surface area is 122 Å². The van der Waals surface area contributed by atoms with Gasteiger partial charge in [0.1, 0.15) is 0 Å². The lowest BCUT2D eigenvalue weighted by atomic mass is 10.2. The van der Waals surface area contributed by atoms with Crippen molar-refractivity contribution in [2.45, 2.75) is 19.1 Å². The van der Waals surface area contributed by atoms with E-state index >= 15 is 0 Å². The third kappa shape index (κ3) is 3.83. The van der Waals surface area contributed by atoms with Gasteiger partial charge in [0.2, 0.25) is 0 Å². The van der Waals surface area contributed by atoms with Gasteiger partial charge < -0.3 is 14.8 Å². The van der Waals surface area contributed by atoms with E-state index in [0.717, 1.165) is 0 Å². The first-order valence-electron chi connectivity index (χ1n) is 6.01. The van der Waals surface area contributed by atoms with Crippen LogP contribution in [0.4, 0.5) is 0 Å². The molecule has 1 aliphatic heterocycles. The average molecular weight is 304 g/mol. The molecule has 1 amide bonds. The number of rotatable bonds is 4. The molecule has 0 spiro atoms. The van der Waals surface area contributed by atoms with Gasteiger partial charge in [0.05, 0.1) is 23.8 Å². The number of halogens is 2. The summed E-state index contributed by atoms with van der Waals surface area (Å²) in [4.78, 5) is 11.9. The van der Waals surface area contributed by atoms with E-state index in [2.05, 4.69) is 5.32 Å². The maximum atomic E-state index is 11.9. The quantitative estimate of drug-likeness (QED) is 0.930. The van der Waals surface area contributed by atoms with Crippen LogP contribution >= 0.6 is 23.2 Å². The molecule has 104 valence electrons. The van der Waals surface area contributed by atoms with Crippen molar-refractivity contribution in [3.63, 3.8) is 0 Å². The van der Waals surface area contributed by atoms with Crippen molar-refractivity contribution in [2.75, 3.05) is 19.8 Å². The summed E-state index contributed by atoms with van der Waals surface area (Å²) in [6, 6.07) is 4.78. The molecule has 1 saturated heterocycles. The first-order chi connectivity index (χ1) is 9.00. The molecule has 0 bridgehead atoms. The molecule has 1 aromatic rings. The lowest BCUT2D eigenvalue weighted by Gasteiger charge is -2.22. The van der Waals surface area contributed by atoms with E-state index in [0.29, 0.717) is 41.8 Å². The second-order valence-corrected chi connectivity index (χ2v) is 5.30. The summed E-state index contributed by atoms with van der Waals surface area (Å²) in [6.45, 7) is 3.50. The lowest BCUT2D eigenvalue weighted by molar-refractivity contribution is -0.145. The van der Waals surface area contributed by atoms with Gasteiger partial charge in [-0.3, -0.25) is 4.79 Å². The van der Waals surface area contributed by atoms with Crippen LogP contribution in [0, 0.1) is 0 Å². The first kappa shape index (κ1) is 14.6. The topological polar surface area (TPSA) is 47.6 Å². The van der Waals surface area contributed by atoms with E-state index in [4.69, 9.17) is 32.7 Å². The monoisotopic (exact) mass is 303 g/mol. The standard InChI is InChI=1S/C13H15Cl2NO3/c1-13(18-6-7-19-13)4-5-16-12(17)10-3-2-9(14)8-11(10)15/h2-3,8H,4-7H2,1H3,(H,16,17). The number of carbonyl (C=O) groups excluding carboxylic acids is 1. The molecule has 0 saturated carbocycles. The van der Waals surface area contributed by atoms with Crippen molar-refractivity contribution >= 4 is 29.1 Å². The highest BCUT2D eigenvalue weighted by Gasteiger charge is 2.30. The fourth-order valence-corrected chi connectivity index (χ4v) is 2.37. The van der Waals surface area contributed by atoms with Crippen LogP contribution in [0.15, 0.2) is 18.2 Å². The predicted molar refractivity (Wildman–Crippen MR) is 73.7 cm³/mol. The number of amides is 1. The van der Waals surface area contributed by atoms with Crippen LogP contribution < -0.4 is 5.32 Å². The molecular weight excluding hydrogens is 289 g/mol. The van der Waals surface area contributed by atoms with Gasteiger partial charge >= 0.3 is 0 Å².